The quantitative estimate of drug-likeness (QED) is 0.544. The number of benzene rings is 2. The first-order chi connectivity index (χ1) is 14.5. The normalized spacial score (nSPS) is 11.3. The first kappa shape index (κ1) is 19.7. The van der Waals surface area contributed by atoms with Crippen molar-refractivity contribution in [2.75, 3.05) is 0 Å². The number of aliphatic hydroxyl groups is 1. The van der Waals surface area contributed by atoms with Gasteiger partial charge >= 0.3 is 5.69 Å². The van der Waals surface area contributed by atoms with Crippen molar-refractivity contribution in [3.63, 3.8) is 0 Å². The first-order valence-electron chi connectivity index (χ1n) is 9.60. The molecule has 4 rings (SSSR count). The molecule has 0 radical (unpaired) electrons. The average molecular weight is 409 g/mol. The Hall–Kier alpha value is -3.59. The van der Waals surface area contributed by atoms with E-state index in [1.165, 1.54) is 32.1 Å². The molecular weight excluding hydrogens is 389 g/mol. The van der Waals surface area contributed by atoms with E-state index < -0.39 is 5.82 Å². The summed E-state index contributed by atoms with van der Waals surface area (Å²) in [6, 6.07) is 10.6. The Kier molecular flexibility index (Phi) is 5.04. The van der Waals surface area contributed by atoms with Crippen LogP contribution in [-0.2, 0) is 19.6 Å². The van der Waals surface area contributed by atoms with E-state index in [-0.39, 0.29) is 23.7 Å². The number of halogens is 1. The maximum absolute atomic E-state index is 13.7. The summed E-state index contributed by atoms with van der Waals surface area (Å²) in [5, 5.41) is 19.1. The number of aromatic nitrogens is 5. The Morgan fingerprint density at radius 1 is 0.967 bits per heavy atom. The van der Waals surface area contributed by atoms with Crippen LogP contribution < -0.4 is 11.2 Å². The van der Waals surface area contributed by atoms with Gasteiger partial charge in [-0.2, -0.15) is 14.5 Å². The molecule has 0 amide bonds. The highest BCUT2D eigenvalue weighted by Gasteiger charge is 2.16. The predicted molar refractivity (Wildman–Crippen MR) is 110 cm³/mol. The Morgan fingerprint density at radius 3 is 2.37 bits per heavy atom. The highest BCUT2D eigenvalue weighted by atomic mass is 19.1. The SMILES string of the molecule is CCc1nn(-c2cccc(F)c2)c(=O)c2ccc(-n3nc(CO)n(CC)c3=O)cc12. The minimum absolute atomic E-state index is 0.262. The molecule has 0 spiro atoms. The zero-order chi connectivity index (χ0) is 21.4. The van der Waals surface area contributed by atoms with Crippen molar-refractivity contribution in [3.05, 3.63) is 80.6 Å². The fourth-order valence-corrected chi connectivity index (χ4v) is 3.51. The summed E-state index contributed by atoms with van der Waals surface area (Å²) in [5.41, 5.74) is 0.669. The van der Waals surface area contributed by atoms with Crippen LogP contribution in [-0.4, -0.2) is 29.2 Å². The summed E-state index contributed by atoms with van der Waals surface area (Å²) in [5.74, 6) is -0.196. The van der Waals surface area contributed by atoms with Gasteiger partial charge in [0, 0.05) is 11.9 Å². The van der Waals surface area contributed by atoms with Crippen LogP contribution in [0.1, 0.15) is 25.4 Å². The molecule has 0 unspecified atom stereocenters. The molecule has 4 aromatic rings. The van der Waals surface area contributed by atoms with Gasteiger partial charge in [0.05, 0.1) is 22.5 Å². The van der Waals surface area contributed by atoms with E-state index in [2.05, 4.69) is 10.2 Å². The molecule has 0 fully saturated rings. The molecule has 0 atom stereocenters. The van der Waals surface area contributed by atoms with Gasteiger partial charge in [-0.05, 0) is 49.7 Å². The second kappa shape index (κ2) is 7.68. The van der Waals surface area contributed by atoms with Gasteiger partial charge in [-0.3, -0.25) is 9.36 Å². The monoisotopic (exact) mass is 409 g/mol. The number of rotatable bonds is 5. The predicted octanol–water partition coefficient (Wildman–Crippen LogP) is 1.95. The standard InChI is InChI=1S/C21H20FN5O3/c1-3-18-17-11-15(27-21(30)25(4-2)19(12-28)24-27)8-9-16(17)20(29)26(23-18)14-7-5-6-13(22)10-14/h5-11,28H,3-4,12H2,1-2H3. The molecule has 2 aromatic heterocycles. The van der Waals surface area contributed by atoms with Gasteiger partial charge in [-0.15, -0.1) is 5.10 Å². The van der Waals surface area contributed by atoms with Crippen LogP contribution >= 0.6 is 0 Å². The van der Waals surface area contributed by atoms with E-state index in [4.69, 9.17) is 0 Å². The third-order valence-corrected chi connectivity index (χ3v) is 4.99. The molecular formula is C21H20FN5O3. The van der Waals surface area contributed by atoms with Gasteiger partial charge in [0.2, 0.25) is 0 Å². The maximum atomic E-state index is 13.7. The van der Waals surface area contributed by atoms with E-state index >= 15 is 0 Å². The smallest absolute Gasteiger partial charge is 0.350 e. The molecule has 0 saturated carbocycles. The summed E-state index contributed by atoms with van der Waals surface area (Å²) in [6.07, 6.45) is 0.524. The Balaban J connectivity index is 1.95. The summed E-state index contributed by atoms with van der Waals surface area (Å²) in [4.78, 5) is 25.7. The van der Waals surface area contributed by atoms with Crippen LogP contribution in [0.4, 0.5) is 4.39 Å². The lowest BCUT2D eigenvalue weighted by atomic mass is 10.1. The van der Waals surface area contributed by atoms with Crippen LogP contribution in [0.2, 0.25) is 0 Å². The van der Waals surface area contributed by atoms with Crippen LogP contribution in [0.5, 0.6) is 0 Å². The van der Waals surface area contributed by atoms with Gasteiger partial charge in [0.25, 0.3) is 5.56 Å². The molecule has 0 aliphatic rings. The number of hydrogen-bond acceptors (Lipinski definition) is 5. The summed E-state index contributed by atoms with van der Waals surface area (Å²) < 4.78 is 17.4. The van der Waals surface area contributed by atoms with Crippen molar-refractivity contribution in [1.29, 1.82) is 0 Å². The zero-order valence-corrected chi connectivity index (χ0v) is 16.5. The lowest BCUT2D eigenvalue weighted by Gasteiger charge is -2.11. The second-order valence-electron chi connectivity index (χ2n) is 6.74. The first-order valence-corrected chi connectivity index (χ1v) is 9.60. The van der Waals surface area contributed by atoms with Gasteiger partial charge in [0.15, 0.2) is 5.82 Å². The van der Waals surface area contributed by atoms with Crippen LogP contribution in [0, 0.1) is 5.82 Å². The summed E-state index contributed by atoms with van der Waals surface area (Å²) in [7, 11) is 0. The van der Waals surface area contributed by atoms with Gasteiger partial charge < -0.3 is 5.11 Å². The summed E-state index contributed by atoms with van der Waals surface area (Å²) >= 11 is 0. The highest BCUT2D eigenvalue weighted by Crippen LogP contribution is 2.20. The molecule has 1 N–H and O–H groups in total. The lowest BCUT2D eigenvalue weighted by Crippen LogP contribution is -2.25. The van der Waals surface area contributed by atoms with Crippen LogP contribution in [0.15, 0.2) is 52.1 Å². The zero-order valence-electron chi connectivity index (χ0n) is 16.5. The van der Waals surface area contributed by atoms with Gasteiger partial charge in [-0.1, -0.05) is 13.0 Å². The van der Waals surface area contributed by atoms with Crippen LogP contribution in [0.25, 0.3) is 22.1 Å². The van der Waals surface area contributed by atoms with Crippen molar-refractivity contribution in [2.45, 2.75) is 33.4 Å². The van der Waals surface area contributed by atoms with E-state index in [9.17, 15) is 19.1 Å². The van der Waals surface area contributed by atoms with E-state index in [0.29, 0.717) is 40.8 Å². The van der Waals surface area contributed by atoms with Gasteiger partial charge in [0.1, 0.15) is 12.4 Å². The molecule has 30 heavy (non-hydrogen) atoms. The number of aryl methyl sites for hydroxylation is 1. The molecule has 9 heteroatoms. The second-order valence-corrected chi connectivity index (χ2v) is 6.74. The highest BCUT2D eigenvalue weighted by molar-refractivity contribution is 5.85. The van der Waals surface area contributed by atoms with E-state index in [1.807, 2.05) is 6.92 Å². The molecule has 0 saturated heterocycles. The summed E-state index contributed by atoms with van der Waals surface area (Å²) in [6.45, 7) is 3.71. The number of hydrogen-bond donors (Lipinski definition) is 1. The molecule has 2 aromatic carbocycles. The third-order valence-electron chi connectivity index (χ3n) is 4.99. The number of aliphatic hydroxyl groups excluding tert-OH is 1. The molecule has 0 aliphatic heterocycles. The van der Waals surface area contributed by atoms with Crippen LogP contribution in [0.3, 0.4) is 0 Å². The fraction of sp³-hybridized carbons (Fsp3) is 0.238. The number of fused-ring (bicyclic) bond motifs is 1. The molecule has 2 heterocycles. The Labute approximate surface area is 170 Å². The third kappa shape index (κ3) is 3.13. The maximum Gasteiger partial charge on any atom is 0.350 e. The largest absolute Gasteiger partial charge is 0.388 e. The Morgan fingerprint density at radius 2 is 1.73 bits per heavy atom. The number of nitrogens with zero attached hydrogens (tertiary/aromatic N) is 5. The van der Waals surface area contributed by atoms with Crippen molar-refractivity contribution in [2.24, 2.45) is 0 Å². The molecule has 8 nitrogen and oxygen atoms in total. The van der Waals surface area contributed by atoms with Crippen molar-refractivity contribution >= 4 is 10.8 Å². The molecule has 154 valence electrons. The van der Waals surface area contributed by atoms with Crippen molar-refractivity contribution < 1.29 is 9.50 Å². The van der Waals surface area contributed by atoms with E-state index in [0.717, 1.165) is 0 Å². The van der Waals surface area contributed by atoms with E-state index in [1.54, 1.807) is 31.2 Å². The Bertz CT molecular complexity index is 1370. The minimum atomic E-state index is -0.458. The fourth-order valence-electron chi connectivity index (χ4n) is 3.51. The molecule has 0 aliphatic carbocycles. The molecule has 0 bridgehead atoms. The van der Waals surface area contributed by atoms with Gasteiger partial charge in [-0.25, -0.2) is 9.18 Å². The lowest BCUT2D eigenvalue weighted by molar-refractivity contribution is 0.264. The topological polar surface area (TPSA) is 94.9 Å². The minimum Gasteiger partial charge on any atom is -0.388 e. The average Bonchev–Trinajstić information content (AvgIpc) is 3.09. The van der Waals surface area contributed by atoms with Crippen molar-refractivity contribution in [1.82, 2.24) is 24.1 Å². The van der Waals surface area contributed by atoms with Crippen molar-refractivity contribution in [3.8, 4) is 11.4 Å².